The van der Waals surface area contributed by atoms with Crippen molar-refractivity contribution in [3.63, 3.8) is 0 Å². The van der Waals surface area contributed by atoms with Crippen LogP contribution in [0, 0.1) is 10.1 Å². The van der Waals surface area contributed by atoms with Crippen molar-refractivity contribution in [2.45, 2.75) is 57.2 Å². The molecule has 1 fully saturated rings. The standard InChI is InChI=1S/C26H31FN5O12P/c1-14(25(34)42-15(2)18-8-9-21(43-18)32(36)37)30-45(38,40-12-16-4-6-17(39-3)7-5-16)41-13-19-23(33)22(27)24(44-19)31-11-10-20(28)29-26(31)35/h4-11,14-15,19,22-24,33H,12-13H2,1-3H3,(H,30,38)(H2,28,29,35)/t14-,15?,19?,22?,23?,24?,45?/m0/s1. The van der Waals surface area contributed by atoms with Crippen LogP contribution >= 0.6 is 7.75 Å². The summed E-state index contributed by atoms with van der Waals surface area (Å²) in [6.45, 7) is 1.73. The average molecular weight is 656 g/mol. The molecule has 6 unspecified atom stereocenters. The van der Waals surface area contributed by atoms with E-state index in [2.05, 4.69) is 10.1 Å². The zero-order valence-corrected chi connectivity index (χ0v) is 25.1. The zero-order valence-electron chi connectivity index (χ0n) is 24.2. The normalized spacial score (nSPS) is 22.3. The Morgan fingerprint density at radius 3 is 2.58 bits per heavy atom. The highest BCUT2D eigenvalue weighted by molar-refractivity contribution is 7.51. The van der Waals surface area contributed by atoms with Crippen molar-refractivity contribution in [3.8, 4) is 5.75 Å². The van der Waals surface area contributed by atoms with Gasteiger partial charge in [0.25, 0.3) is 0 Å². The summed E-state index contributed by atoms with van der Waals surface area (Å²) in [4.78, 5) is 38.7. The molecule has 7 atom stereocenters. The van der Waals surface area contributed by atoms with Gasteiger partial charge in [0.1, 0.15) is 34.7 Å². The number of nitrogens with two attached hydrogens (primary N) is 1. The molecule has 17 nitrogen and oxygen atoms in total. The lowest BCUT2D eigenvalue weighted by Gasteiger charge is -2.25. The van der Waals surface area contributed by atoms with Gasteiger partial charge in [0.05, 0.1) is 26.4 Å². The zero-order chi connectivity index (χ0) is 32.9. The van der Waals surface area contributed by atoms with Gasteiger partial charge >= 0.3 is 25.3 Å². The fourth-order valence-corrected chi connectivity index (χ4v) is 5.60. The Morgan fingerprint density at radius 1 is 1.24 bits per heavy atom. The molecule has 0 spiro atoms. The number of halogens is 1. The highest BCUT2D eigenvalue weighted by Crippen LogP contribution is 2.46. The maximum atomic E-state index is 15.0. The number of methoxy groups -OCH3 is 1. The minimum absolute atomic E-state index is 0.00412. The Morgan fingerprint density at radius 2 is 1.96 bits per heavy atom. The third-order valence-corrected chi connectivity index (χ3v) is 8.24. The van der Waals surface area contributed by atoms with E-state index < -0.39 is 73.6 Å². The first-order valence-corrected chi connectivity index (χ1v) is 14.9. The molecule has 2 aromatic heterocycles. The number of furan rings is 1. The number of nitrogen functional groups attached to an aromatic ring is 1. The number of hydrogen-bond donors (Lipinski definition) is 3. The Bertz CT molecular complexity index is 1600. The van der Waals surface area contributed by atoms with Crippen LogP contribution in [0.4, 0.5) is 16.1 Å². The minimum atomic E-state index is -4.45. The summed E-state index contributed by atoms with van der Waals surface area (Å²) < 4.78 is 61.7. The van der Waals surface area contributed by atoms with Gasteiger partial charge < -0.3 is 29.5 Å². The Hall–Kier alpha value is -4.19. The number of nitro groups is 1. The Labute approximate surface area is 254 Å². The topological polar surface area (TPSA) is 230 Å². The first kappa shape index (κ1) is 33.7. The van der Waals surface area contributed by atoms with E-state index in [0.29, 0.717) is 11.3 Å². The molecule has 3 aromatic rings. The number of aliphatic hydroxyl groups excluding tert-OH is 1. The number of nitrogens with zero attached hydrogens (tertiary/aromatic N) is 3. The van der Waals surface area contributed by atoms with E-state index in [1.54, 1.807) is 24.3 Å². The number of rotatable bonds is 14. The van der Waals surface area contributed by atoms with Crippen molar-refractivity contribution >= 4 is 25.4 Å². The lowest BCUT2D eigenvalue weighted by Crippen LogP contribution is -2.36. The van der Waals surface area contributed by atoms with E-state index in [4.69, 9.17) is 33.4 Å². The fourth-order valence-electron chi connectivity index (χ4n) is 4.13. The molecule has 1 saturated heterocycles. The van der Waals surface area contributed by atoms with Crippen LogP contribution in [0.2, 0.25) is 0 Å². The van der Waals surface area contributed by atoms with Gasteiger partial charge in [0.15, 0.2) is 24.3 Å². The van der Waals surface area contributed by atoms with E-state index in [1.165, 1.54) is 33.1 Å². The Kier molecular flexibility index (Phi) is 10.7. The number of ether oxygens (including phenoxy) is 3. The monoisotopic (exact) mass is 655 g/mol. The summed E-state index contributed by atoms with van der Waals surface area (Å²) >= 11 is 0. The summed E-state index contributed by atoms with van der Waals surface area (Å²) in [5.74, 6) is -1.04. The predicted molar refractivity (Wildman–Crippen MR) is 152 cm³/mol. The van der Waals surface area contributed by atoms with Crippen LogP contribution in [0.15, 0.2) is 57.9 Å². The summed E-state index contributed by atoms with van der Waals surface area (Å²) in [6.07, 6.45) is -6.82. The summed E-state index contributed by atoms with van der Waals surface area (Å²) in [7, 11) is -2.97. The lowest BCUT2D eigenvalue weighted by molar-refractivity contribution is -0.402. The van der Waals surface area contributed by atoms with E-state index >= 15 is 0 Å². The van der Waals surface area contributed by atoms with Gasteiger partial charge in [-0.25, -0.2) is 18.8 Å². The van der Waals surface area contributed by atoms with E-state index in [-0.39, 0.29) is 18.2 Å². The average Bonchev–Trinajstić information content (AvgIpc) is 3.61. The lowest BCUT2D eigenvalue weighted by atomic mass is 10.1. The SMILES string of the molecule is COc1ccc(COP(=O)(N[C@@H](C)C(=O)OC(C)c2ccc([N+](=O)[O-])o2)OCC2OC(n3ccc(N)nc3=O)C(F)C2O)cc1. The van der Waals surface area contributed by atoms with Crippen LogP contribution in [0.25, 0.3) is 0 Å². The fraction of sp³-hybridized carbons (Fsp3) is 0.423. The van der Waals surface area contributed by atoms with Gasteiger partial charge in [0, 0.05) is 6.20 Å². The predicted octanol–water partition coefficient (Wildman–Crippen LogP) is 2.56. The van der Waals surface area contributed by atoms with Crippen molar-refractivity contribution in [2.75, 3.05) is 19.5 Å². The summed E-state index contributed by atoms with van der Waals surface area (Å²) in [5.41, 5.74) is 5.10. The van der Waals surface area contributed by atoms with Gasteiger partial charge in [-0.1, -0.05) is 12.1 Å². The highest BCUT2D eigenvalue weighted by Gasteiger charge is 2.47. The molecule has 0 bridgehead atoms. The molecule has 4 N–H and O–H groups in total. The molecule has 0 amide bonds. The third kappa shape index (κ3) is 8.30. The molecule has 1 aliphatic rings. The van der Waals surface area contributed by atoms with Gasteiger partial charge in [-0.3, -0.25) is 28.5 Å². The smallest absolute Gasteiger partial charge is 0.433 e. The van der Waals surface area contributed by atoms with Crippen molar-refractivity contribution in [2.24, 2.45) is 0 Å². The van der Waals surface area contributed by atoms with Gasteiger partial charge in [-0.2, -0.15) is 4.98 Å². The number of anilines is 1. The second kappa shape index (κ2) is 14.3. The van der Waals surface area contributed by atoms with E-state index in [1.807, 2.05) is 0 Å². The number of alkyl halides is 1. The van der Waals surface area contributed by atoms with E-state index in [0.717, 1.165) is 16.8 Å². The molecular weight excluding hydrogens is 624 g/mol. The maximum Gasteiger partial charge on any atom is 0.433 e. The summed E-state index contributed by atoms with van der Waals surface area (Å²) in [6, 6.07) is 8.81. The number of benzene rings is 1. The molecular formula is C26H31FN5O12P. The minimum Gasteiger partial charge on any atom is -0.497 e. The van der Waals surface area contributed by atoms with E-state index in [9.17, 15) is 33.8 Å². The molecule has 1 aliphatic heterocycles. The molecule has 0 radical (unpaired) electrons. The van der Waals surface area contributed by atoms with Crippen molar-refractivity contribution in [3.05, 3.63) is 80.6 Å². The number of carbonyl (C=O) groups excluding carboxylic acids is 1. The first-order valence-electron chi connectivity index (χ1n) is 13.4. The first-order chi connectivity index (χ1) is 21.3. The largest absolute Gasteiger partial charge is 0.497 e. The van der Waals surface area contributed by atoms with Gasteiger partial charge in [-0.15, -0.1) is 0 Å². The van der Waals surface area contributed by atoms with Gasteiger partial charge in [-0.05, 0) is 43.7 Å². The molecule has 19 heteroatoms. The number of hydrogen-bond acceptors (Lipinski definition) is 14. The second-order valence-corrected chi connectivity index (χ2v) is 11.6. The molecule has 0 aliphatic carbocycles. The van der Waals surface area contributed by atoms with Crippen molar-refractivity contribution in [1.29, 1.82) is 0 Å². The van der Waals surface area contributed by atoms with Crippen LogP contribution in [-0.4, -0.2) is 63.7 Å². The molecule has 45 heavy (non-hydrogen) atoms. The molecule has 0 saturated carbocycles. The quantitative estimate of drug-likeness (QED) is 0.0981. The van der Waals surface area contributed by atoms with Crippen LogP contribution in [0.1, 0.15) is 37.5 Å². The second-order valence-electron chi connectivity index (χ2n) is 9.82. The number of aromatic nitrogens is 2. The van der Waals surface area contributed by atoms with Crippen LogP contribution in [0.5, 0.6) is 5.75 Å². The number of carbonyl (C=O) groups is 1. The maximum absolute atomic E-state index is 15.0. The summed E-state index contributed by atoms with van der Waals surface area (Å²) in [5, 5.41) is 23.8. The van der Waals surface area contributed by atoms with Crippen LogP contribution in [0.3, 0.4) is 0 Å². The van der Waals surface area contributed by atoms with Crippen LogP contribution < -0.4 is 21.2 Å². The number of esters is 1. The van der Waals surface area contributed by atoms with Crippen molar-refractivity contribution in [1.82, 2.24) is 14.6 Å². The van der Waals surface area contributed by atoms with Crippen molar-refractivity contribution < 1.29 is 51.5 Å². The highest BCUT2D eigenvalue weighted by atomic mass is 31.2. The molecule has 1 aromatic carbocycles. The van der Waals surface area contributed by atoms with Gasteiger partial charge in [0.2, 0.25) is 0 Å². The molecule has 4 rings (SSSR count). The number of nitrogens with one attached hydrogen (secondary N) is 1. The van der Waals surface area contributed by atoms with Crippen LogP contribution in [-0.2, 0) is 34.5 Å². The molecule has 244 valence electrons. The number of aliphatic hydroxyl groups is 1. The molecule has 3 heterocycles. The third-order valence-electron chi connectivity index (χ3n) is 6.58. The Balaban J connectivity index is 1.46.